The minimum absolute atomic E-state index is 1.02. The van der Waals surface area contributed by atoms with Crippen molar-refractivity contribution in [2.75, 3.05) is 6.54 Å². The molecule has 1 aliphatic heterocycles. The number of benzene rings is 2. The number of aryl methyl sites for hydroxylation is 3. The number of aromatic nitrogens is 1. The lowest BCUT2D eigenvalue weighted by Crippen LogP contribution is -2.25. The van der Waals surface area contributed by atoms with Crippen LogP contribution in [0, 0.1) is 13.8 Å². The van der Waals surface area contributed by atoms with E-state index in [1.807, 2.05) is 0 Å². The summed E-state index contributed by atoms with van der Waals surface area (Å²) in [5.74, 6) is 0. The molecule has 2 nitrogen and oxygen atoms in total. The van der Waals surface area contributed by atoms with Crippen LogP contribution in [0.15, 0.2) is 24.3 Å². The van der Waals surface area contributed by atoms with Gasteiger partial charge in [0, 0.05) is 29.9 Å². The molecule has 0 unspecified atom stereocenters. The monoisotopic (exact) mass is 264 g/mol. The van der Waals surface area contributed by atoms with E-state index in [0.717, 1.165) is 19.5 Å². The zero-order valence-electron chi connectivity index (χ0n) is 12.4. The van der Waals surface area contributed by atoms with Crippen molar-refractivity contribution in [1.82, 2.24) is 9.88 Å². The first kappa shape index (κ1) is 12.0. The molecule has 0 fully saturated rings. The Morgan fingerprint density at radius 2 is 1.85 bits per heavy atom. The van der Waals surface area contributed by atoms with Crippen LogP contribution in [0.25, 0.3) is 21.8 Å². The van der Waals surface area contributed by atoms with Gasteiger partial charge in [-0.1, -0.05) is 18.2 Å². The summed E-state index contributed by atoms with van der Waals surface area (Å²) in [6.07, 6.45) is 1.15. The third-order valence-electron chi connectivity index (χ3n) is 4.96. The molecule has 0 aliphatic carbocycles. The number of hydrogen-bond donors (Lipinski definition) is 1. The van der Waals surface area contributed by atoms with Crippen molar-refractivity contribution < 1.29 is 0 Å². The fourth-order valence-corrected chi connectivity index (χ4v) is 3.96. The molecule has 0 radical (unpaired) electrons. The average molecular weight is 264 g/mol. The van der Waals surface area contributed by atoms with Crippen molar-refractivity contribution in [3.05, 3.63) is 46.5 Å². The third-order valence-corrected chi connectivity index (χ3v) is 4.96. The molecule has 0 saturated heterocycles. The van der Waals surface area contributed by atoms with Crippen molar-refractivity contribution in [3.63, 3.8) is 0 Å². The van der Waals surface area contributed by atoms with E-state index in [2.05, 4.69) is 55.0 Å². The van der Waals surface area contributed by atoms with E-state index in [4.69, 9.17) is 0 Å². The topological polar surface area (TPSA) is 17.0 Å². The summed E-state index contributed by atoms with van der Waals surface area (Å²) in [5, 5.41) is 6.36. The molecule has 102 valence electrons. The summed E-state index contributed by atoms with van der Waals surface area (Å²) >= 11 is 0. The molecule has 4 rings (SSSR count). The van der Waals surface area contributed by atoms with Crippen LogP contribution >= 0.6 is 0 Å². The van der Waals surface area contributed by atoms with E-state index in [-0.39, 0.29) is 0 Å². The molecule has 1 N–H and O–H groups in total. The summed E-state index contributed by atoms with van der Waals surface area (Å²) in [4.78, 5) is 0. The molecule has 0 amide bonds. The Labute approximate surface area is 119 Å². The van der Waals surface area contributed by atoms with E-state index in [1.54, 1.807) is 5.56 Å². The number of para-hydroxylation sites is 1. The normalized spacial score (nSPS) is 14.9. The molecule has 2 aromatic carbocycles. The average Bonchev–Trinajstić information content (AvgIpc) is 2.79. The molecule has 1 aliphatic rings. The van der Waals surface area contributed by atoms with Gasteiger partial charge in [-0.15, -0.1) is 0 Å². The van der Waals surface area contributed by atoms with Gasteiger partial charge < -0.3 is 9.88 Å². The van der Waals surface area contributed by atoms with Crippen molar-refractivity contribution in [2.45, 2.75) is 26.8 Å². The molecule has 0 bridgehead atoms. The Morgan fingerprint density at radius 3 is 2.70 bits per heavy atom. The zero-order chi connectivity index (χ0) is 13.9. The van der Waals surface area contributed by atoms with E-state index in [0.29, 0.717) is 0 Å². The van der Waals surface area contributed by atoms with Crippen LogP contribution in [0.3, 0.4) is 0 Å². The molecule has 3 aromatic rings. The van der Waals surface area contributed by atoms with Crippen molar-refractivity contribution in [2.24, 2.45) is 7.05 Å². The third kappa shape index (κ3) is 1.37. The molecular weight excluding hydrogens is 244 g/mol. The van der Waals surface area contributed by atoms with Crippen LogP contribution in [-0.4, -0.2) is 11.1 Å². The number of rotatable bonds is 0. The lowest BCUT2D eigenvalue weighted by Gasteiger charge is -2.23. The Morgan fingerprint density at radius 1 is 1.05 bits per heavy atom. The lowest BCUT2D eigenvalue weighted by atomic mass is 9.89. The maximum atomic E-state index is 3.52. The highest BCUT2D eigenvalue weighted by Crippen LogP contribution is 2.37. The fraction of sp³-hybridized carbons (Fsp3) is 0.333. The minimum Gasteiger partial charge on any atom is -0.343 e. The molecule has 2 heterocycles. The summed E-state index contributed by atoms with van der Waals surface area (Å²) in [7, 11) is 2.20. The van der Waals surface area contributed by atoms with Crippen LogP contribution in [0.4, 0.5) is 0 Å². The maximum Gasteiger partial charge on any atom is 0.0524 e. The Hall–Kier alpha value is -1.80. The van der Waals surface area contributed by atoms with E-state index >= 15 is 0 Å². The Kier molecular flexibility index (Phi) is 2.45. The predicted molar refractivity (Wildman–Crippen MR) is 85.3 cm³/mol. The van der Waals surface area contributed by atoms with Crippen molar-refractivity contribution >= 4 is 21.8 Å². The fourth-order valence-electron chi connectivity index (χ4n) is 3.96. The van der Waals surface area contributed by atoms with Crippen LogP contribution in [0.5, 0.6) is 0 Å². The maximum absolute atomic E-state index is 3.52. The molecular formula is C18H20N2. The summed E-state index contributed by atoms with van der Waals surface area (Å²) in [6.45, 7) is 6.70. The first-order valence-corrected chi connectivity index (χ1v) is 7.39. The molecule has 0 atom stereocenters. The van der Waals surface area contributed by atoms with Gasteiger partial charge in [-0.2, -0.15) is 0 Å². The molecule has 0 spiro atoms. The van der Waals surface area contributed by atoms with Crippen LogP contribution in [0.1, 0.15) is 22.3 Å². The van der Waals surface area contributed by atoms with Crippen molar-refractivity contribution in [1.29, 1.82) is 0 Å². The van der Waals surface area contributed by atoms with Gasteiger partial charge in [-0.3, -0.25) is 0 Å². The van der Waals surface area contributed by atoms with Gasteiger partial charge in [0.25, 0.3) is 0 Å². The van der Waals surface area contributed by atoms with Crippen LogP contribution in [-0.2, 0) is 20.0 Å². The summed E-state index contributed by atoms with van der Waals surface area (Å²) in [6, 6.07) is 8.76. The van der Waals surface area contributed by atoms with Gasteiger partial charge in [-0.25, -0.2) is 0 Å². The predicted octanol–water partition coefficient (Wildman–Crippen LogP) is 3.59. The van der Waals surface area contributed by atoms with E-state index in [9.17, 15) is 0 Å². The van der Waals surface area contributed by atoms with Gasteiger partial charge in [-0.05, 0) is 55.1 Å². The van der Waals surface area contributed by atoms with Crippen LogP contribution in [0.2, 0.25) is 0 Å². The highest BCUT2D eigenvalue weighted by molar-refractivity contribution is 6.11. The van der Waals surface area contributed by atoms with Gasteiger partial charge in [0.1, 0.15) is 0 Å². The highest BCUT2D eigenvalue weighted by atomic mass is 14.9. The second kappa shape index (κ2) is 4.10. The van der Waals surface area contributed by atoms with Crippen LogP contribution < -0.4 is 5.32 Å². The van der Waals surface area contributed by atoms with E-state index in [1.165, 1.54) is 38.5 Å². The standard InChI is InChI=1S/C18H20N2/c1-11-15-10-19-9-8-13(15)12(2)18-17(11)14-6-4-5-7-16(14)20(18)3/h4-7,19H,8-10H2,1-3H3. The largest absolute Gasteiger partial charge is 0.343 e. The van der Waals surface area contributed by atoms with Crippen molar-refractivity contribution in [3.8, 4) is 0 Å². The number of hydrogen-bond acceptors (Lipinski definition) is 1. The lowest BCUT2D eigenvalue weighted by molar-refractivity contribution is 0.639. The minimum atomic E-state index is 1.02. The molecule has 0 saturated carbocycles. The second-order valence-corrected chi connectivity index (χ2v) is 5.93. The second-order valence-electron chi connectivity index (χ2n) is 5.93. The molecule has 1 aromatic heterocycles. The quantitative estimate of drug-likeness (QED) is 0.656. The number of fused-ring (bicyclic) bond motifs is 4. The van der Waals surface area contributed by atoms with Gasteiger partial charge in [0.15, 0.2) is 0 Å². The Balaban J connectivity index is 2.29. The zero-order valence-corrected chi connectivity index (χ0v) is 12.4. The summed E-state index contributed by atoms with van der Waals surface area (Å²) in [5.41, 5.74) is 8.79. The summed E-state index contributed by atoms with van der Waals surface area (Å²) < 4.78 is 2.37. The van der Waals surface area contributed by atoms with Gasteiger partial charge >= 0.3 is 0 Å². The van der Waals surface area contributed by atoms with Gasteiger partial charge in [0.05, 0.1) is 5.52 Å². The SMILES string of the molecule is Cc1c2c(c(C)c3c1c1ccccc1n3C)CCNC2. The van der Waals surface area contributed by atoms with Gasteiger partial charge in [0.2, 0.25) is 0 Å². The van der Waals surface area contributed by atoms with E-state index < -0.39 is 0 Å². The number of nitrogens with one attached hydrogen (secondary N) is 1. The first-order chi connectivity index (χ1) is 9.70. The smallest absolute Gasteiger partial charge is 0.0524 e. The molecule has 20 heavy (non-hydrogen) atoms. The Bertz CT molecular complexity index is 840. The molecule has 2 heteroatoms. The first-order valence-electron chi connectivity index (χ1n) is 7.39. The number of nitrogens with zero attached hydrogens (tertiary/aromatic N) is 1. The highest BCUT2D eigenvalue weighted by Gasteiger charge is 2.21.